The number of nitrogens with one attached hydrogen (secondary N) is 4. The van der Waals surface area contributed by atoms with Gasteiger partial charge in [-0.3, -0.25) is 19.1 Å². The zero-order chi connectivity index (χ0) is 99.4. The third-order valence-corrected chi connectivity index (χ3v) is 28.3. The predicted molar refractivity (Wildman–Crippen MR) is 561 cm³/mol. The molecule has 0 spiro atoms. The Morgan fingerprint density at radius 1 is 0.412 bits per heavy atom. The minimum atomic E-state index is -4.04. The number of benzene rings is 7. The van der Waals surface area contributed by atoms with Crippen LogP contribution in [0.5, 0.6) is 0 Å². The quantitative estimate of drug-likeness (QED) is 0.0778. The van der Waals surface area contributed by atoms with Crippen LogP contribution in [0.15, 0.2) is 188 Å². The van der Waals surface area contributed by atoms with Gasteiger partial charge in [-0.2, -0.15) is 18.3 Å². The molecule has 1 atom stereocenters. The summed E-state index contributed by atoms with van der Waals surface area (Å²) in [7, 11) is 1.72. The second-order valence-corrected chi connectivity index (χ2v) is 46.1. The third kappa shape index (κ3) is 36.2. The van der Waals surface area contributed by atoms with Crippen molar-refractivity contribution in [2.75, 3.05) is 124 Å². The van der Waals surface area contributed by atoms with Crippen molar-refractivity contribution in [1.29, 1.82) is 0 Å². The Kier molecular flexibility index (Phi) is 41.6. The van der Waals surface area contributed by atoms with Gasteiger partial charge in [-0.25, -0.2) is 4.39 Å². The van der Waals surface area contributed by atoms with Crippen LogP contribution in [-0.4, -0.2) is 178 Å². The number of methoxy groups -OCH3 is 1. The first kappa shape index (κ1) is 111. The summed E-state index contributed by atoms with van der Waals surface area (Å²) in [5.41, 5.74) is 21.5. The van der Waals surface area contributed by atoms with E-state index in [0.29, 0.717) is 42.4 Å². The molecule has 0 saturated carbocycles. The smallest absolute Gasteiger partial charge is 0.380 e. The van der Waals surface area contributed by atoms with E-state index in [9.17, 15) is 31.9 Å². The zero-order valence-corrected chi connectivity index (χ0v) is 87.6. The van der Waals surface area contributed by atoms with Gasteiger partial charge in [0.05, 0.1) is 30.5 Å². The number of piperidine rings is 6. The van der Waals surface area contributed by atoms with Crippen molar-refractivity contribution in [3.8, 4) is 0 Å². The number of amides is 3. The molecule has 8 aromatic rings. The molecule has 15 rings (SSSR count). The molecule has 1 aromatic heterocycles. The summed E-state index contributed by atoms with van der Waals surface area (Å²) in [6.07, 6.45) is 15.7. The molecule has 1 unspecified atom stereocenters. The van der Waals surface area contributed by atoms with Crippen molar-refractivity contribution >= 4 is 29.0 Å². The Morgan fingerprint density at radius 3 is 1.12 bits per heavy atom. The number of rotatable bonds is 14. The zero-order valence-electron chi connectivity index (χ0n) is 87.6. The lowest BCUT2D eigenvalue weighted by molar-refractivity contribution is -0.138. The van der Waals surface area contributed by atoms with Gasteiger partial charge in [-0.05, 0) is 301 Å². The lowest BCUT2D eigenvalue weighted by atomic mass is 9.84. The standard InChI is InChI=1S/C19H26N4O.C18H26F3N.C17H26FN.C17H25NO2.C17H25NO.C15H23N.C15H21N/c1-19(2,3)15-6-4-14(5-7-15)18(24)22-16-12-21-23(13-16)17-8-10-20-11-9-17;1-17(2,3)16-6-4-14(5-7-16)15-8-11-22(12-9-15)13-10-18(19,20)21;1-17(2,3)16-6-4-14(5-7-16)15-8-11-19(12-9-15)13-10-18;1-17(2,3)14-9-7-13(8-10-14)16(19)18-11-5-6-15(12-18)20-4;1-13(19)18-11-9-15(10-12-18)14-5-7-16(8-6-14)17(2,3)4;2*1-15(2,3)14-6-4-12(5-7-14)13-8-10-16-11-9-13/h4-7,12-13,17,20H,8-11H2,1-3H3,(H,22,24);4-7,15H,8-13H2,1-3H3;4-7,15H,8-13H2,1-3H3;7-10,15H,5-6,11-12H2,1-4H3;5-8,15H,9-12H2,1-4H3;4-7,13,16H,8-11H2,1-3H3;4-8,16H,9-11H2,1-3H3. The van der Waals surface area contributed by atoms with Crippen LogP contribution in [0.25, 0.3) is 5.57 Å². The summed E-state index contributed by atoms with van der Waals surface area (Å²) in [6, 6.07) is 61.5. The van der Waals surface area contributed by atoms with Crippen LogP contribution in [-0.2, 0) is 47.4 Å². The van der Waals surface area contributed by atoms with Gasteiger partial charge in [0.25, 0.3) is 11.8 Å². The molecular formula is C118H172F4N10O4. The lowest BCUT2D eigenvalue weighted by Crippen LogP contribution is -2.42. The maximum atomic E-state index is 12.5. The summed E-state index contributed by atoms with van der Waals surface area (Å²) in [6.45, 7) is 62.3. The lowest BCUT2D eigenvalue weighted by Gasteiger charge is -2.32. The molecule has 746 valence electrons. The molecule has 4 N–H and O–H groups in total. The largest absolute Gasteiger partial charge is 0.390 e. The predicted octanol–water partition coefficient (Wildman–Crippen LogP) is 26.4. The first-order valence-electron chi connectivity index (χ1n) is 51.1. The maximum Gasteiger partial charge on any atom is 0.390 e. The van der Waals surface area contributed by atoms with Crippen LogP contribution in [0.3, 0.4) is 0 Å². The number of carbonyl (C=O) groups excluding carboxylic acids is 3. The van der Waals surface area contributed by atoms with Crippen LogP contribution in [0, 0.1) is 0 Å². The van der Waals surface area contributed by atoms with E-state index >= 15 is 0 Å². The van der Waals surface area contributed by atoms with Crippen LogP contribution in [0.4, 0.5) is 23.2 Å². The fraction of sp³-hybridized carbons (Fsp3) is 0.576. The molecule has 14 nitrogen and oxygen atoms in total. The van der Waals surface area contributed by atoms with Crippen molar-refractivity contribution in [1.82, 2.24) is 45.3 Å². The summed E-state index contributed by atoms with van der Waals surface area (Å²) < 4.78 is 56.4. The summed E-state index contributed by atoms with van der Waals surface area (Å²) >= 11 is 0. The van der Waals surface area contributed by atoms with E-state index in [1.807, 2.05) is 62.0 Å². The van der Waals surface area contributed by atoms with E-state index in [2.05, 4.69) is 316 Å². The Labute approximate surface area is 818 Å². The summed E-state index contributed by atoms with van der Waals surface area (Å²) in [5, 5.41) is 17.5. The van der Waals surface area contributed by atoms with E-state index in [4.69, 9.17) is 4.74 Å². The van der Waals surface area contributed by atoms with Gasteiger partial charge in [0, 0.05) is 77.2 Å². The molecule has 0 aliphatic carbocycles. The molecule has 6 fully saturated rings. The Morgan fingerprint density at radius 2 is 0.765 bits per heavy atom. The number of nitrogens with zero attached hydrogens (tertiary/aromatic N) is 6. The molecule has 7 aliphatic heterocycles. The average molecular weight is 1870 g/mol. The van der Waals surface area contributed by atoms with Crippen LogP contribution >= 0.6 is 0 Å². The summed E-state index contributed by atoms with van der Waals surface area (Å²) in [4.78, 5) is 44.3. The molecule has 6 saturated heterocycles. The number of anilines is 1. The molecule has 3 amide bonds. The van der Waals surface area contributed by atoms with Gasteiger partial charge in [0.2, 0.25) is 5.91 Å². The highest BCUT2D eigenvalue weighted by molar-refractivity contribution is 6.04. The van der Waals surface area contributed by atoms with Gasteiger partial charge in [0.1, 0.15) is 6.67 Å². The van der Waals surface area contributed by atoms with Gasteiger partial charge in [-0.1, -0.05) is 297 Å². The Bertz CT molecular complexity index is 4880. The molecule has 8 heterocycles. The first-order valence-corrected chi connectivity index (χ1v) is 51.1. The van der Waals surface area contributed by atoms with Gasteiger partial charge in [-0.15, -0.1) is 0 Å². The minimum absolute atomic E-state index is 0.0883. The maximum absolute atomic E-state index is 12.5. The number of hydrogen-bond donors (Lipinski definition) is 4. The number of carbonyl (C=O) groups is 3. The van der Waals surface area contributed by atoms with Gasteiger partial charge >= 0.3 is 6.18 Å². The van der Waals surface area contributed by atoms with E-state index < -0.39 is 12.6 Å². The molecule has 0 radical (unpaired) electrons. The second-order valence-electron chi connectivity index (χ2n) is 46.1. The van der Waals surface area contributed by atoms with Crippen LogP contribution in [0.2, 0.25) is 0 Å². The first-order chi connectivity index (χ1) is 64.0. The normalized spacial score (nSPS) is 18.1. The highest BCUT2D eigenvalue weighted by Crippen LogP contribution is 2.38. The molecule has 7 aromatic carbocycles. The highest BCUT2D eigenvalue weighted by Gasteiger charge is 2.32. The van der Waals surface area contributed by atoms with E-state index in [1.165, 1.54) is 98.3 Å². The van der Waals surface area contributed by atoms with Crippen molar-refractivity contribution < 1.29 is 36.7 Å². The SMILES string of the molecule is CC(=O)N1CCC(c2ccc(C(C)(C)C)cc2)CC1.CC(C)(C)c1ccc(C(=O)Nc2cnn(C3CCNCC3)c2)cc1.CC(C)(C)c1ccc(C2=CCNCC2)cc1.CC(C)(C)c1ccc(C2CCN(CCC(F)(F)F)CC2)cc1.CC(C)(C)c1ccc(C2CCN(CCF)CC2)cc1.CC(C)(C)c1ccc(C2CCNCC2)cc1.COC1CCCN(C(=O)c2ccc(C(C)(C)C)cc2)C1. The van der Waals surface area contributed by atoms with Crippen molar-refractivity contribution in [2.24, 2.45) is 0 Å². The van der Waals surface area contributed by atoms with Gasteiger partial charge < -0.3 is 45.6 Å². The molecule has 18 heteroatoms. The van der Waals surface area contributed by atoms with Crippen molar-refractivity contribution in [3.05, 3.63) is 266 Å². The van der Waals surface area contributed by atoms with Crippen LogP contribution < -0.4 is 21.3 Å². The third-order valence-electron chi connectivity index (χ3n) is 28.3. The number of alkyl halides is 4. The fourth-order valence-electron chi connectivity index (χ4n) is 18.8. The number of likely N-dealkylation sites (tertiary alicyclic amines) is 4. The average Bonchev–Trinajstić information content (AvgIpc) is 1.31. The molecule has 7 aliphatic rings. The Balaban J connectivity index is 0.000000179. The van der Waals surface area contributed by atoms with E-state index in [1.54, 1.807) is 20.2 Å². The van der Waals surface area contributed by atoms with E-state index in [0.717, 1.165) is 160 Å². The number of aromatic nitrogens is 2. The molecule has 0 bridgehead atoms. The number of halogens is 4. The van der Waals surface area contributed by atoms with Crippen LogP contribution in [0.1, 0.15) is 359 Å². The monoisotopic (exact) mass is 1870 g/mol. The second kappa shape index (κ2) is 51.0. The van der Waals surface area contributed by atoms with Gasteiger partial charge in [0.15, 0.2) is 0 Å². The summed E-state index contributed by atoms with van der Waals surface area (Å²) in [5.74, 6) is 2.76. The fourth-order valence-corrected chi connectivity index (χ4v) is 18.8. The Hall–Kier alpha value is -8.62. The number of hydrogen-bond acceptors (Lipinski definition) is 10. The topological polar surface area (TPSA) is 139 Å². The van der Waals surface area contributed by atoms with Crippen molar-refractivity contribution in [3.63, 3.8) is 0 Å². The van der Waals surface area contributed by atoms with E-state index in [-0.39, 0.29) is 74.9 Å². The van der Waals surface area contributed by atoms with Crippen molar-refractivity contribution in [2.45, 2.75) is 322 Å². The molecular weight excluding hydrogens is 1700 g/mol. The molecule has 136 heavy (non-hydrogen) atoms. The highest BCUT2D eigenvalue weighted by atomic mass is 19.4. The number of ether oxygens (including phenoxy) is 1. The minimum Gasteiger partial charge on any atom is -0.380 e.